The average Bonchev–Trinajstić information content (AvgIpc) is 2.81. The number of carbonyl (C=O) groups excluding carboxylic acids is 1. The number of piperidine rings is 1. The molecule has 0 unspecified atom stereocenters. The fourth-order valence-corrected chi connectivity index (χ4v) is 4.53. The van der Waals surface area contributed by atoms with E-state index < -0.39 is 35.0 Å². The molecule has 0 radical (unpaired) electrons. The molecule has 3 heterocycles. The molecule has 186 valence electrons. The summed E-state index contributed by atoms with van der Waals surface area (Å²) in [5, 5.41) is 14.8. The number of nitrogens with zero attached hydrogens (tertiary/aromatic N) is 4. The Morgan fingerprint density at radius 3 is 2.49 bits per heavy atom. The first kappa shape index (κ1) is 24.6. The van der Waals surface area contributed by atoms with Crippen LogP contribution < -0.4 is 10.9 Å². The third kappa shape index (κ3) is 4.47. The molecule has 1 amide bonds. The van der Waals surface area contributed by atoms with E-state index in [1.165, 1.54) is 43.1 Å². The van der Waals surface area contributed by atoms with Gasteiger partial charge in [0.05, 0.1) is 22.6 Å². The van der Waals surface area contributed by atoms with Gasteiger partial charge in [-0.1, -0.05) is 18.2 Å². The van der Waals surface area contributed by atoms with Crippen LogP contribution in [-0.4, -0.2) is 43.5 Å². The number of alkyl halides is 2. The van der Waals surface area contributed by atoms with E-state index in [-0.39, 0.29) is 41.3 Å². The Hall–Kier alpha value is -3.47. The van der Waals surface area contributed by atoms with E-state index >= 15 is 0 Å². The number of benzene rings is 1. The third-order valence-corrected chi connectivity index (χ3v) is 6.65. The Labute approximate surface area is 199 Å². The second kappa shape index (κ2) is 9.29. The van der Waals surface area contributed by atoms with Gasteiger partial charge in [-0.3, -0.25) is 14.2 Å². The first-order valence-corrected chi connectivity index (χ1v) is 11.2. The molecule has 0 aliphatic carbocycles. The van der Waals surface area contributed by atoms with Gasteiger partial charge in [-0.15, -0.1) is 0 Å². The predicted molar refractivity (Wildman–Crippen MR) is 124 cm³/mol. The minimum atomic E-state index is -2.95. The SMILES string of the molecule is CC(=O)N1CCC(O)(c2cc3c(N[C@H](C)c4cccc(C(F)F)c4F)ncnc3n(C)c2=O)CC1. The Bertz CT molecular complexity index is 1340. The molecule has 0 bridgehead atoms. The molecule has 2 aromatic heterocycles. The quantitative estimate of drug-likeness (QED) is 0.570. The molecular formula is C24H26F3N5O3. The summed E-state index contributed by atoms with van der Waals surface area (Å²) in [4.78, 5) is 34.8. The van der Waals surface area contributed by atoms with Crippen molar-refractivity contribution in [3.8, 4) is 0 Å². The molecule has 1 aliphatic rings. The second-order valence-corrected chi connectivity index (χ2v) is 8.84. The van der Waals surface area contributed by atoms with E-state index in [0.717, 1.165) is 6.07 Å². The Morgan fingerprint density at radius 1 is 1.20 bits per heavy atom. The zero-order chi connectivity index (χ0) is 25.5. The zero-order valence-corrected chi connectivity index (χ0v) is 19.6. The van der Waals surface area contributed by atoms with Crippen molar-refractivity contribution in [1.29, 1.82) is 0 Å². The van der Waals surface area contributed by atoms with Crippen LogP contribution in [0.15, 0.2) is 35.4 Å². The smallest absolute Gasteiger partial charge is 0.266 e. The Morgan fingerprint density at radius 2 is 1.86 bits per heavy atom. The minimum Gasteiger partial charge on any atom is -0.385 e. The fourth-order valence-electron chi connectivity index (χ4n) is 4.53. The molecule has 11 heteroatoms. The number of aliphatic hydroxyl groups is 1. The minimum absolute atomic E-state index is 0.0369. The highest BCUT2D eigenvalue weighted by Crippen LogP contribution is 2.34. The summed E-state index contributed by atoms with van der Waals surface area (Å²) < 4.78 is 42.3. The number of anilines is 1. The van der Waals surface area contributed by atoms with E-state index in [4.69, 9.17) is 0 Å². The van der Waals surface area contributed by atoms with Crippen LogP contribution in [0.3, 0.4) is 0 Å². The molecule has 1 aromatic carbocycles. The third-order valence-electron chi connectivity index (χ3n) is 6.65. The maximum absolute atomic E-state index is 14.7. The molecule has 3 aromatic rings. The average molecular weight is 489 g/mol. The monoisotopic (exact) mass is 489 g/mol. The summed E-state index contributed by atoms with van der Waals surface area (Å²) in [6.45, 7) is 3.67. The van der Waals surface area contributed by atoms with E-state index in [9.17, 15) is 27.9 Å². The zero-order valence-electron chi connectivity index (χ0n) is 19.6. The lowest BCUT2D eigenvalue weighted by Gasteiger charge is -2.37. The van der Waals surface area contributed by atoms with Gasteiger partial charge in [-0.2, -0.15) is 0 Å². The highest BCUT2D eigenvalue weighted by atomic mass is 19.3. The molecule has 1 aliphatic heterocycles. The molecule has 1 fully saturated rings. The van der Waals surface area contributed by atoms with Crippen molar-refractivity contribution < 1.29 is 23.1 Å². The normalized spacial score (nSPS) is 16.5. The first-order chi connectivity index (χ1) is 16.5. The largest absolute Gasteiger partial charge is 0.385 e. The molecule has 1 atom stereocenters. The van der Waals surface area contributed by atoms with E-state index in [1.807, 2.05) is 0 Å². The van der Waals surface area contributed by atoms with Gasteiger partial charge < -0.3 is 15.3 Å². The van der Waals surface area contributed by atoms with Crippen LogP contribution in [0, 0.1) is 5.82 Å². The van der Waals surface area contributed by atoms with Gasteiger partial charge in [-0.25, -0.2) is 23.1 Å². The summed E-state index contributed by atoms with van der Waals surface area (Å²) >= 11 is 0. The molecule has 2 N–H and O–H groups in total. The molecule has 1 saturated heterocycles. The number of likely N-dealkylation sites (tertiary alicyclic amines) is 1. The summed E-state index contributed by atoms with van der Waals surface area (Å²) in [5.74, 6) is -0.845. The number of pyridine rings is 1. The number of hydrogen-bond donors (Lipinski definition) is 2. The van der Waals surface area contributed by atoms with Gasteiger partial charge in [0.25, 0.3) is 12.0 Å². The van der Waals surface area contributed by atoms with Crippen molar-refractivity contribution in [1.82, 2.24) is 19.4 Å². The number of rotatable bonds is 5. The van der Waals surface area contributed by atoms with Crippen LogP contribution in [0.2, 0.25) is 0 Å². The van der Waals surface area contributed by atoms with Crippen LogP contribution in [-0.2, 0) is 17.4 Å². The summed E-state index contributed by atoms with van der Waals surface area (Å²) in [6, 6.07) is 4.59. The Kier molecular flexibility index (Phi) is 6.54. The highest BCUT2D eigenvalue weighted by molar-refractivity contribution is 5.87. The Balaban J connectivity index is 1.75. The van der Waals surface area contributed by atoms with Crippen LogP contribution in [0.5, 0.6) is 0 Å². The van der Waals surface area contributed by atoms with Crippen molar-refractivity contribution in [2.75, 3.05) is 18.4 Å². The first-order valence-electron chi connectivity index (χ1n) is 11.2. The topological polar surface area (TPSA) is 100 Å². The molecule has 35 heavy (non-hydrogen) atoms. The van der Waals surface area contributed by atoms with Crippen molar-refractivity contribution in [2.45, 2.75) is 44.8 Å². The standard InChI is InChI=1S/C24H26F3N5O3/c1-13(15-5-4-6-16(19(15)25)20(26)27)30-21-17-11-18(23(34)31(3)22(17)29-12-28-21)24(35)7-9-32(10-8-24)14(2)33/h4-6,11-13,20,35H,7-10H2,1-3H3,(H,28,29,30)/t13-/m1/s1. The number of halogens is 3. The van der Waals surface area contributed by atoms with Crippen LogP contribution >= 0.6 is 0 Å². The maximum Gasteiger partial charge on any atom is 0.266 e. The van der Waals surface area contributed by atoms with Gasteiger partial charge >= 0.3 is 0 Å². The molecule has 8 nitrogen and oxygen atoms in total. The van der Waals surface area contributed by atoms with E-state index in [2.05, 4.69) is 15.3 Å². The number of aromatic nitrogens is 3. The molecular weight excluding hydrogens is 463 g/mol. The van der Waals surface area contributed by atoms with Crippen molar-refractivity contribution >= 4 is 22.8 Å². The van der Waals surface area contributed by atoms with Crippen molar-refractivity contribution in [2.24, 2.45) is 7.05 Å². The van der Waals surface area contributed by atoms with Gasteiger partial charge in [0.15, 0.2) is 0 Å². The molecule has 4 rings (SSSR count). The van der Waals surface area contributed by atoms with Gasteiger partial charge in [0.1, 0.15) is 23.6 Å². The van der Waals surface area contributed by atoms with Gasteiger partial charge in [0.2, 0.25) is 5.91 Å². The molecule has 0 saturated carbocycles. The van der Waals surface area contributed by atoms with Crippen LogP contribution in [0.25, 0.3) is 11.0 Å². The maximum atomic E-state index is 14.7. The van der Waals surface area contributed by atoms with Gasteiger partial charge in [0, 0.05) is 38.2 Å². The number of amides is 1. The lowest BCUT2D eigenvalue weighted by atomic mass is 9.84. The summed E-state index contributed by atoms with van der Waals surface area (Å²) in [7, 11) is 1.52. The second-order valence-electron chi connectivity index (χ2n) is 8.84. The fraction of sp³-hybridized carbons (Fsp3) is 0.417. The number of carbonyl (C=O) groups is 1. The lowest BCUT2D eigenvalue weighted by molar-refractivity contribution is -0.133. The van der Waals surface area contributed by atoms with E-state index in [0.29, 0.717) is 18.5 Å². The predicted octanol–water partition coefficient (Wildman–Crippen LogP) is 3.41. The van der Waals surface area contributed by atoms with E-state index in [1.54, 1.807) is 11.8 Å². The number of nitrogens with one attached hydrogen (secondary N) is 1. The van der Waals surface area contributed by atoms with Crippen molar-refractivity contribution in [3.05, 3.63) is 63.5 Å². The van der Waals surface area contributed by atoms with Crippen molar-refractivity contribution in [3.63, 3.8) is 0 Å². The summed E-state index contributed by atoms with van der Waals surface area (Å²) in [6.07, 6.45) is -1.34. The number of hydrogen-bond acceptors (Lipinski definition) is 6. The van der Waals surface area contributed by atoms with Crippen LogP contribution in [0.4, 0.5) is 19.0 Å². The lowest BCUT2D eigenvalue weighted by Crippen LogP contribution is -2.47. The molecule has 0 spiro atoms. The van der Waals surface area contributed by atoms with Crippen LogP contribution in [0.1, 0.15) is 55.8 Å². The number of aryl methyl sites for hydroxylation is 1. The number of fused-ring (bicyclic) bond motifs is 1. The van der Waals surface area contributed by atoms with Gasteiger partial charge in [-0.05, 0) is 25.8 Å². The summed E-state index contributed by atoms with van der Waals surface area (Å²) in [5.41, 5.74) is -2.10. The highest BCUT2D eigenvalue weighted by Gasteiger charge is 2.37.